The third kappa shape index (κ3) is 4.30. The molecule has 0 aliphatic carbocycles. The molecule has 0 unspecified atom stereocenters. The molecule has 3 aromatic rings. The van der Waals surface area contributed by atoms with Crippen LogP contribution in [0, 0.1) is 32.1 Å². The number of hydrogen-bond donors (Lipinski definition) is 0. The average molecular weight is 318 g/mol. The predicted molar refractivity (Wildman–Crippen MR) is 97.7 cm³/mol. The second kappa shape index (κ2) is 8.07. The van der Waals surface area contributed by atoms with Crippen molar-refractivity contribution < 1.29 is 0 Å². The maximum Gasteiger partial charge on any atom is 0.160 e. The Labute approximate surface area is 143 Å². The van der Waals surface area contributed by atoms with E-state index in [0.29, 0.717) is 0 Å². The first-order chi connectivity index (χ1) is 11.5. The van der Waals surface area contributed by atoms with E-state index < -0.39 is 0 Å². The number of fused-ring (bicyclic) bond motifs is 1. The molecule has 0 radical (unpaired) electrons. The van der Waals surface area contributed by atoms with Crippen molar-refractivity contribution in [1.29, 1.82) is 5.26 Å². The molecule has 0 bridgehead atoms. The number of benzene rings is 1. The number of nitrogens with zero attached hydrogens (tertiary/aromatic N) is 4. The fourth-order valence-electron chi connectivity index (χ4n) is 2.33. The minimum atomic E-state index is 0.770. The van der Waals surface area contributed by atoms with E-state index in [-0.39, 0.29) is 0 Å². The highest BCUT2D eigenvalue weighted by molar-refractivity contribution is 5.58. The van der Waals surface area contributed by atoms with Gasteiger partial charge in [-0.15, -0.1) is 10.2 Å². The Balaban J connectivity index is 0.000000182. The van der Waals surface area contributed by atoms with Crippen LogP contribution in [0.1, 0.15) is 41.2 Å². The first kappa shape index (κ1) is 17.4. The molecule has 4 nitrogen and oxygen atoms in total. The highest BCUT2D eigenvalue weighted by atomic mass is 15.2. The number of rotatable bonds is 2. The molecule has 0 N–H and O–H groups in total. The lowest BCUT2D eigenvalue weighted by molar-refractivity contribution is 1.10. The van der Waals surface area contributed by atoms with Gasteiger partial charge in [-0.25, -0.2) is 0 Å². The number of hydrogen-bond acceptors (Lipinski definition) is 3. The van der Waals surface area contributed by atoms with Crippen molar-refractivity contribution in [2.45, 2.75) is 34.1 Å². The van der Waals surface area contributed by atoms with E-state index in [9.17, 15) is 0 Å². The Morgan fingerprint density at radius 2 is 1.96 bits per heavy atom. The Bertz CT molecular complexity index is 898. The predicted octanol–water partition coefficient (Wildman–Crippen LogP) is 4.64. The van der Waals surface area contributed by atoms with E-state index >= 15 is 0 Å². The zero-order valence-corrected chi connectivity index (χ0v) is 14.6. The molecule has 0 saturated heterocycles. The fraction of sp³-hybridized carbons (Fsp3) is 0.250. The Morgan fingerprint density at radius 1 is 1.17 bits per heavy atom. The quantitative estimate of drug-likeness (QED) is 0.692. The molecular formula is C20H22N4. The van der Waals surface area contributed by atoms with Crippen LogP contribution in [0.3, 0.4) is 0 Å². The van der Waals surface area contributed by atoms with Crippen molar-refractivity contribution in [3.63, 3.8) is 0 Å². The van der Waals surface area contributed by atoms with Gasteiger partial charge >= 0.3 is 0 Å². The smallest absolute Gasteiger partial charge is 0.160 e. The first-order valence-electron chi connectivity index (χ1n) is 7.99. The van der Waals surface area contributed by atoms with Crippen LogP contribution in [0.5, 0.6) is 0 Å². The molecule has 0 saturated carbocycles. The van der Waals surface area contributed by atoms with Crippen LogP contribution >= 0.6 is 0 Å². The summed E-state index contributed by atoms with van der Waals surface area (Å²) < 4.78 is 1.88. The SMILES string of the molecule is CC/C=C\c1cc(C#N)c(C)cc1C.Cc1ccn2cnnc2c1. The highest BCUT2D eigenvalue weighted by Crippen LogP contribution is 2.16. The van der Waals surface area contributed by atoms with Gasteiger partial charge in [0.1, 0.15) is 6.33 Å². The van der Waals surface area contributed by atoms with Gasteiger partial charge in [0.25, 0.3) is 0 Å². The topological polar surface area (TPSA) is 54.0 Å². The molecule has 0 aliphatic heterocycles. The van der Waals surface area contributed by atoms with Gasteiger partial charge in [0.15, 0.2) is 5.65 Å². The molecule has 3 rings (SSSR count). The minimum absolute atomic E-state index is 0.770. The third-order valence-electron chi connectivity index (χ3n) is 3.72. The van der Waals surface area contributed by atoms with Crippen molar-refractivity contribution in [3.05, 3.63) is 70.7 Å². The van der Waals surface area contributed by atoms with Gasteiger partial charge < -0.3 is 0 Å². The van der Waals surface area contributed by atoms with E-state index in [2.05, 4.69) is 48.3 Å². The molecule has 24 heavy (non-hydrogen) atoms. The standard InChI is InChI=1S/C13H15N.C7H7N3/c1-4-5-6-12-8-13(9-14)11(3)7-10(12)2;1-6-2-3-10-5-8-9-7(10)4-6/h5-8H,4H2,1-3H3;2-5H,1H3/b6-5-;. The lowest BCUT2D eigenvalue weighted by Crippen LogP contribution is -1.88. The van der Waals surface area contributed by atoms with Crippen molar-refractivity contribution in [2.75, 3.05) is 0 Å². The minimum Gasteiger partial charge on any atom is -0.289 e. The van der Waals surface area contributed by atoms with Crippen LogP contribution in [0.15, 0.2) is 42.9 Å². The molecule has 2 heterocycles. The van der Waals surface area contributed by atoms with Gasteiger partial charge in [0.2, 0.25) is 0 Å². The number of allylic oxidation sites excluding steroid dienone is 1. The molecule has 122 valence electrons. The monoisotopic (exact) mass is 318 g/mol. The summed E-state index contributed by atoms with van der Waals surface area (Å²) in [7, 11) is 0. The van der Waals surface area contributed by atoms with Gasteiger partial charge in [-0.3, -0.25) is 4.40 Å². The molecule has 0 fully saturated rings. The van der Waals surface area contributed by atoms with Crippen molar-refractivity contribution in [2.24, 2.45) is 0 Å². The van der Waals surface area contributed by atoms with Crippen molar-refractivity contribution in [3.8, 4) is 6.07 Å². The third-order valence-corrected chi connectivity index (χ3v) is 3.72. The Kier molecular flexibility index (Phi) is 5.86. The highest BCUT2D eigenvalue weighted by Gasteiger charge is 2.01. The molecule has 4 heteroatoms. The largest absolute Gasteiger partial charge is 0.289 e. The Morgan fingerprint density at radius 3 is 2.67 bits per heavy atom. The Hall–Kier alpha value is -2.93. The summed E-state index contributed by atoms with van der Waals surface area (Å²) in [6.07, 6.45) is 8.85. The molecule has 1 aromatic carbocycles. The summed E-state index contributed by atoms with van der Waals surface area (Å²) in [5.41, 5.74) is 6.31. The van der Waals surface area contributed by atoms with Crippen molar-refractivity contribution in [1.82, 2.24) is 14.6 Å². The molecule has 0 spiro atoms. The maximum atomic E-state index is 8.89. The molecule has 0 amide bonds. The van der Waals surface area contributed by atoms with Crippen LogP contribution in [0.2, 0.25) is 0 Å². The summed E-state index contributed by atoms with van der Waals surface area (Å²) >= 11 is 0. The van der Waals surface area contributed by atoms with Crippen LogP contribution in [-0.2, 0) is 0 Å². The van der Waals surface area contributed by atoms with Gasteiger partial charge in [-0.1, -0.05) is 25.1 Å². The van der Waals surface area contributed by atoms with E-state index in [1.807, 2.05) is 42.6 Å². The van der Waals surface area contributed by atoms with Gasteiger partial charge in [0.05, 0.1) is 11.6 Å². The summed E-state index contributed by atoms with van der Waals surface area (Å²) in [6, 6.07) is 10.2. The zero-order chi connectivity index (χ0) is 17.5. The van der Waals surface area contributed by atoms with Gasteiger partial charge in [0, 0.05) is 6.20 Å². The fourth-order valence-corrected chi connectivity index (χ4v) is 2.33. The van der Waals surface area contributed by atoms with Crippen LogP contribution in [-0.4, -0.2) is 14.6 Å². The zero-order valence-electron chi connectivity index (χ0n) is 14.6. The summed E-state index contributed by atoms with van der Waals surface area (Å²) in [5, 5.41) is 16.5. The first-order valence-corrected chi connectivity index (χ1v) is 7.99. The normalized spacial score (nSPS) is 10.5. The summed E-state index contributed by atoms with van der Waals surface area (Å²) in [6.45, 7) is 8.18. The van der Waals surface area contributed by atoms with Crippen molar-refractivity contribution >= 4 is 11.7 Å². The van der Waals surface area contributed by atoms with E-state index in [4.69, 9.17) is 5.26 Å². The number of aryl methyl sites for hydroxylation is 3. The number of nitriles is 1. The van der Waals surface area contributed by atoms with Gasteiger partial charge in [-0.05, 0) is 67.6 Å². The lowest BCUT2D eigenvalue weighted by atomic mass is 10.0. The summed E-state index contributed by atoms with van der Waals surface area (Å²) in [4.78, 5) is 0. The van der Waals surface area contributed by atoms with Crippen LogP contribution in [0.4, 0.5) is 0 Å². The van der Waals surface area contributed by atoms with Crippen LogP contribution < -0.4 is 0 Å². The van der Waals surface area contributed by atoms with E-state index in [1.54, 1.807) is 6.33 Å². The van der Waals surface area contributed by atoms with Crippen LogP contribution in [0.25, 0.3) is 11.7 Å². The second-order valence-electron chi connectivity index (χ2n) is 5.75. The van der Waals surface area contributed by atoms with E-state index in [1.165, 1.54) is 11.1 Å². The second-order valence-corrected chi connectivity index (χ2v) is 5.75. The van der Waals surface area contributed by atoms with Gasteiger partial charge in [-0.2, -0.15) is 5.26 Å². The maximum absolute atomic E-state index is 8.89. The molecule has 0 atom stereocenters. The number of aromatic nitrogens is 3. The lowest BCUT2D eigenvalue weighted by Gasteiger charge is -2.04. The molecule has 2 aromatic heterocycles. The van der Waals surface area contributed by atoms with E-state index in [0.717, 1.165) is 28.8 Å². The average Bonchev–Trinajstić information content (AvgIpc) is 3.02. The number of pyridine rings is 1. The molecule has 0 aliphatic rings. The summed E-state index contributed by atoms with van der Waals surface area (Å²) in [5.74, 6) is 0. The molecular weight excluding hydrogens is 296 g/mol.